The molecule has 8 heteroatoms. The summed E-state index contributed by atoms with van der Waals surface area (Å²) >= 11 is 0. The molecule has 0 bridgehead atoms. The SMILES string of the molecule is CN(Cc1nnnn1-c1ccccc1)C1CCS(=O)(=O)C1. The second kappa shape index (κ2) is 5.53. The Labute approximate surface area is 123 Å². The van der Waals surface area contributed by atoms with Gasteiger partial charge in [0.05, 0.1) is 23.7 Å². The maximum Gasteiger partial charge on any atom is 0.170 e. The second-order valence-corrected chi connectivity index (χ2v) is 7.54. The van der Waals surface area contributed by atoms with E-state index >= 15 is 0 Å². The van der Waals surface area contributed by atoms with Gasteiger partial charge in [0.2, 0.25) is 0 Å². The first-order valence-corrected chi connectivity index (χ1v) is 8.61. The molecule has 0 amide bonds. The number of tetrazole rings is 1. The molecule has 0 N–H and O–H groups in total. The standard InChI is InChI=1S/C13H17N5O2S/c1-17(12-7-8-21(19,20)10-12)9-13-14-15-16-18(13)11-5-3-2-4-6-11/h2-6,12H,7-10H2,1H3. The Kier molecular flexibility index (Phi) is 3.73. The predicted octanol–water partition coefficient (Wildman–Crippen LogP) is 0.281. The molecule has 1 unspecified atom stereocenters. The van der Waals surface area contributed by atoms with E-state index < -0.39 is 9.84 Å². The highest BCUT2D eigenvalue weighted by Gasteiger charge is 2.31. The van der Waals surface area contributed by atoms with Crippen LogP contribution in [0.25, 0.3) is 5.69 Å². The molecule has 7 nitrogen and oxygen atoms in total. The number of hydrogen-bond donors (Lipinski definition) is 0. The van der Waals surface area contributed by atoms with Crippen molar-refractivity contribution in [2.24, 2.45) is 0 Å². The molecular formula is C13H17N5O2S. The van der Waals surface area contributed by atoms with Gasteiger partial charge in [0.15, 0.2) is 15.7 Å². The number of aromatic nitrogens is 4. The Morgan fingerprint density at radius 3 is 2.76 bits per heavy atom. The maximum absolute atomic E-state index is 11.6. The van der Waals surface area contributed by atoms with Crippen LogP contribution in [-0.4, -0.2) is 58.1 Å². The lowest BCUT2D eigenvalue weighted by atomic mass is 10.2. The van der Waals surface area contributed by atoms with E-state index in [0.29, 0.717) is 18.8 Å². The fraction of sp³-hybridized carbons (Fsp3) is 0.462. The molecule has 2 aromatic rings. The minimum atomic E-state index is -2.88. The van der Waals surface area contributed by atoms with Gasteiger partial charge < -0.3 is 0 Å². The summed E-state index contributed by atoms with van der Waals surface area (Å²) in [5, 5.41) is 11.8. The van der Waals surface area contributed by atoms with Gasteiger partial charge in [-0.3, -0.25) is 4.90 Å². The van der Waals surface area contributed by atoms with Crippen molar-refractivity contribution in [1.82, 2.24) is 25.1 Å². The quantitative estimate of drug-likeness (QED) is 0.807. The van der Waals surface area contributed by atoms with Crippen molar-refractivity contribution in [2.75, 3.05) is 18.6 Å². The minimum Gasteiger partial charge on any atom is -0.295 e. The lowest BCUT2D eigenvalue weighted by Crippen LogP contribution is -2.33. The molecule has 2 heterocycles. The van der Waals surface area contributed by atoms with Crippen LogP contribution in [0.15, 0.2) is 30.3 Å². The predicted molar refractivity (Wildman–Crippen MR) is 77.7 cm³/mol. The number of hydrogen-bond acceptors (Lipinski definition) is 6. The Bertz CT molecular complexity index is 713. The zero-order chi connectivity index (χ0) is 14.9. The summed E-state index contributed by atoms with van der Waals surface area (Å²) in [5.41, 5.74) is 0.893. The van der Waals surface area contributed by atoms with Gasteiger partial charge in [0.25, 0.3) is 0 Å². The van der Waals surface area contributed by atoms with E-state index in [1.165, 1.54) is 0 Å². The third kappa shape index (κ3) is 3.11. The number of sulfone groups is 1. The number of benzene rings is 1. The number of para-hydroxylation sites is 1. The van der Waals surface area contributed by atoms with Crippen LogP contribution in [-0.2, 0) is 16.4 Å². The zero-order valence-electron chi connectivity index (χ0n) is 11.8. The van der Waals surface area contributed by atoms with Crippen LogP contribution in [0.1, 0.15) is 12.2 Å². The van der Waals surface area contributed by atoms with Gasteiger partial charge in [-0.2, -0.15) is 4.68 Å². The highest BCUT2D eigenvalue weighted by molar-refractivity contribution is 7.91. The molecule has 1 aromatic heterocycles. The van der Waals surface area contributed by atoms with Crippen molar-refractivity contribution in [2.45, 2.75) is 19.0 Å². The van der Waals surface area contributed by atoms with E-state index in [9.17, 15) is 8.42 Å². The monoisotopic (exact) mass is 307 g/mol. The Balaban J connectivity index is 1.76. The molecule has 1 atom stereocenters. The topological polar surface area (TPSA) is 81.0 Å². The van der Waals surface area contributed by atoms with Crippen LogP contribution in [0, 0.1) is 0 Å². The van der Waals surface area contributed by atoms with Gasteiger partial charge >= 0.3 is 0 Å². The van der Waals surface area contributed by atoms with Gasteiger partial charge in [0, 0.05) is 6.04 Å². The summed E-state index contributed by atoms with van der Waals surface area (Å²) in [7, 11) is -0.970. The van der Waals surface area contributed by atoms with Crippen LogP contribution in [0.5, 0.6) is 0 Å². The lowest BCUT2D eigenvalue weighted by Gasteiger charge is -2.22. The van der Waals surface area contributed by atoms with Crippen LogP contribution in [0.3, 0.4) is 0 Å². The Morgan fingerprint density at radius 2 is 2.10 bits per heavy atom. The molecule has 0 radical (unpaired) electrons. The van der Waals surface area contributed by atoms with E-state index in [-0.39, 0.29) is 17.5 Å². The molecule has 1 saturated heterocycles. The highest BCUT2D eigenvalue weighted by Crippen LogP contribution is 2.18. The summed E-state index contributed by atoms with van der Waals surface area (Å²) in [5.74, 6) is 1.19. The lowest BCUT2D eigenvalue weighted by molar-refractivity contribution is 0.246. The molecular weight excluding hydrogens is 290 g/mol. The largest absolute Gasteiger partial charge is 0.295 e. The minimum absolute atomic E-state index is 0.0379. The molecule has 1 aliphatic heterocycles. The molecule has 3 rings (SSSR count). The fourth-order valence-electron chi connectivity index (χ4n) is 2.55. The van der Waals surface area contributed by atoms with Crippen LogP contribution in [0.2, 0.25) is 0 Å². The number of rotatable bonds is 4. The third-order valence-electron chi connectivity index (χ3n) is 3.76. The molecule has 0 spiro atoms. The van der Waals surface area contributed by atoms with E-state index in [0.717, 1.165) is 5.69 Å². The molecule has 1 fully saturated rings. The summed E-state index contributed by atoms with van der Waals surface area (Å²) in [4.78, 5) is 2.01. The van der Waals surface area contributed by atoms with E-state index in [2.05, 4.69) is 15.5 Å². The molecule has 0 aliphatic carbocycles. The van der Waals surface area contributed by atoms with Gasteiger partial charge in [-0.15, -0.1) is 5.10 Å². The molecule has 1 aliphatic rings. The fourth-order valence-corrected chi connectivity index (χ4v) is 4.35. The van der Waals surface area contributed by atoms with Gasteiger partial charge in [-0.05, 0) is 36.0 Å². The van der Waals surface area contributed by atoms with Crippen molar-refractivity contribution in [3.8, 4) is 5.69 Å². The summed E-state index contributed by atoms with van der Waals surface area (Å²) in [6.45, 7) is 0.516. The van der Waals surface area contributed by atoms with Crippen LogP contribution >= 0.6 is 0 Å². The first-order chi connectivity index (χ1) is 10.1. The van der Waals surface area contributed by atoms with Crippen molar-refractivity contribution in [1.29, 1.82) is 0 Å². The van der Waals surface area contributed by atoms with E-state index in [1.807, 2.05) is 42.3 Å². The van der Waals surface area contributed by atoms with Crippen molar-refractivity contribution in [3.05, 3.63) is 36.2 Å². The Hall–Kier alpha value is -1.80. The number of nitrogens with zero attached hydrogens (tertiary/aromatic N) is 5. The highest BCUT2D eigenvalue weighted by atomic mass is 32.2. The third-order valence-corrected chi connectivity index (χ3v) is 5.51. The summed E-state index contributed by atoms with van der Waals surface area (Å²) in [6, 6.07) is 9.68. The van der Waals surface area contributed by atoms with Crippen LogP contribution in [0.4, 0.5) is 0 Å². The smallest absolute Gasteiger partial charge is 0.170 e. The Morgan fingerprint density at radius 1 is 1.33 bits per heavy atom. The zero-order valence-corrected chi connectivity index (χ0v) is 12.6. The van der Waals surface area contributed by atoms with Crippen LogP contribution < -0.4 is 0 Å². The summed E-state index contributed by atoms with van der Waals surface area (Å²) < 4.78 is 24.8. The van der Waals surface area contributed by atoms with E-state index in [1.54, 1.807) is 4.68 Å². The van der Waals surface area contributed by atoms with Crippen molar-refractivity contribution >= 4 is 9.84 Å². The van der Waals surface area contributed by atoms with Gasteiger partial charge in [-0.1, -0.05) is 18.2 Å². The average molecular weight is 307 g/mol. The first-order valence-electron chi connectivity index (χ1n) is 6.78. The normalized spacial score (nSPS) is 21.0. The van der Waals surface area contributed by atoms with Gasteiger partial charge in [0.1, 0.15) is 0 Å². The van der Waals surface area contributed by atoms with Crippen molar-refractivity contribution in [3.63, 3.8) is 0 Å². The van der Waals surface area contributed by atoms with Crippen molar-refractivity contribution < 1.29 is 8.42 Å². The molecule has 0 saturated carbocycles. The van der Waals surface area contributed by atoms with E-state index in [4.69, 9.17) is 0 Å². The molecule has 1 aromatic carbocycles. The molecule has 112 valence electrons. The average Bonchev–Trinajstić information content (AvgIpc) is 3.06. The summed E-state index contributed by atoms with van der Waals surface area (Å²) in [6.07, 6.45) is 0.672. The molecule has 21 heavy (non-hydrogen) atoms. The first kappa shape index (κ1) is 14.2. The maximum atomic E-state index is 11.6. The van der Waals surface area contributed by atoms with Gasteiger partial charge in [-0.25, -0.2) is 8.42 Å². The second-order valence-electron chi connectivity index (χ2n) is 5.31.